The lowest BCUT2D eigenvalue weighted by molar-refractivity contribution is 0.668. The van der Waals surface area contributed by atoms with Crippen LogP contribution in [0, 0.1) is 0 Å². The average Bonchev–Trinajstić information content (AvgIpc) is 3.75. The molecular weight excluding hydrogens is 613 g/mol. The van der Waals surface area contributed by atoms with E-state index < -0.39 is 0 Å². The summed E-state index contributed by atoms with van der Waals surface area (Å²) in [5.41, 5.74) is 13.6. The first-order valence-corrected chi connectivity index (χ1v) is 17.0. The van der Waals surface area contributed by atoms with Crippen molar-refractivity contribution in [1.82, 2.24) is 9.97 Å². The lowest BCUT2D eigenvalue weighted by Crippen LogP contribution is -2.05. The summed E-state index contributed by atoms with van der Waals surface area (Å²) in [6, 6.07) is 46.7. The number of allylic oxidation sites excluding steroid dienone is 4. The number of aromatic nitrogens is 2. The van der Waals surface area contributed by atoms with Crippen molar-refractivity contribution >= 4 is 49.5 Å². The van der Waals surface area contributed by atoms with E-state index in [1.165, 1.54) is 11.1 Å². The topological polar surface area (TPSA) is 52.1 Å². The third-order valence-electron chi connectivity index (χ3n) is 10.00. The highest BCUT2D eigenvalue weighted by Crippen LogP contribution is 2.41. The van der Waals surface area contributed by atoms with Crippen LogP contribution in [0.5, 0.6) is 0 Å². The van der Waals surface area contributed by atoms with Crippen molar-refractivity contribution < 1.29 is 8.83 Å². The quantitative estimate of drug-likeness (QED) is 0.187. The lowest BCUT2D eigenvalue weighted by Gasteiger charge is -2.22. The van der Waals surface area contributed by atoms with E-state index in [0.717, 1.165) is 89.5 Å². The molecule has 0 amide bonds. The van der Waals surface area contributed by atoms with Gasteiger partial charge in [0.1, 0.15) is 22.3 Å². The van der Waals surface area contributed by atoms with Crippen molar-refractivity contribution in [2.24, 2.45) is 0 Å². The number of rotatable bonds is 5. The molecule has 1 unspecified atom stereocenters. The second kappa shape index (κ2) is 11.6. The van der Waals surface area contributed by atoms with Gasteiger partial charge >= 0.3 is 0 Å². The van der Waals surface area contributed by atoms with Gasteiger partial charge in [0.05, 0.1) is 11.4 Å². The van der Waals surface area contributed by atoms with E-state index in [-0.39, 0.29) is 5.92 Å². The van der Waals surface area contributed by atoms with Gasteiger partial charge in [-0.3, -0.25) is 9.97 Å². The molecule has 1 aliphatic carbocycles. The second-order valence-corrected chi connectivity index (χ2v) is 12.9. The van der Waals surface area contributed by atoms with Gasteiger partial charge in [-0.15, -0.1) is 0 Å². The highest BCUT2D eigenvalue weighted by atomic mass is 16.3. The van der Waals surface area contributed by atoms with Crippen LogP contribution in [0.3, 0.4) is 0 Å². The Bertz CT molecular complexity index is 2790. The van der Waals surface area contributed by atoms with Crippen LogP contribution in [0.4, 0.5) is 0 Å². The molecule has 9 aromatic rings. The Kier molecular flexibility index (Phi) is 6.59. The molecule has 0 radical (unpaired) electrons. The zero-order valence-electron chi connectivity index (χ0n) is 27.1. The van der Waals surface area contributed by atoms with Gasteiger partial charge in [0.15, 0.2) is 0 Å². The standard InChI is InChI=1S/C46H30N2O2/c1-3-11-35(41-13-5-7-23-47-41)33(9-1)31-17-21-45-39(27-31)37-25-29(15-19-43(37)49-45)30-16-20-44-38(26-30)40-28-32(18-22-46(40)50-44)34-10-2-4-12-36(34)42-14-6-8-24-48-42/h1-9,11-28,34H,10H2. The van der Waals surface area contributed by atoms with Crippen molar-refractivity contribution in [2.75, 3.05) is 0 Å². The average molecular weight is 643 g/mol. The summed E-state index contributed by atoms with van der Waals surface area (Å²) in [6.45, 7) is 0. The number of hydrogen-bond acceptors (Lipinski definition) is 4. The molecule has 236 valence electrons. The highest BCUT2D eigenvalue weighted by Gasteiger charge is 2.21. The molecule has 1 atom stereocenters. The van der Waals surface area contributed by atoms with Crippen LogP contribution in [0.1, 0.15) is 23.6 Å². The van der Waals surface area contributed by atoms with Crippen LogP contribution < -0.4 is 0 Å². The van der Waals surface area contributed by atoms with Crippen molar-refractivity contribution in [3.8, 4) is 33.5 Å². The molecule has 0 saturated carbocycles. The van der Waals surface area contributed by atoms with E-state index in [1.54, 1.807) is 0 Å². The molecule has 4 heterocycles. The fourth-order valence-corrected chi connectivity index (χ4v) is 7.54. The van der Waals surface area contributed by atoms with E-state index in [1.807, 2.05) is 30.6 Å². The van der Waals surface area contributed by atoms with Crippen LogP contribution in [-0.2, 0) is 0 Å². The first kappa shape index (κ1) is 28.5. The van der Waals surface area contributed by atoms with Crippen molar-refractivity contribution in [3.05, 3.63) is 175 Å². The van der Waals surface area contributed by atoms with E-state index in [9.17, 15) is 0 Å². The number of nitrogens with zero attached hydrogens (tertiary/aromatic N) is 2. The van der Waals surface area contributed by atoms with E-state index in [4.69, 9.17) is 8.83 Å². The largest absolute Gasteiger partial charge is 0.456 e. The lowest BCUT2D eigenvalue weighted by atomic mass is 9.83. The van der Waals surface area contributed by atoms with Crippen LogP contribution >= 0.6 is 0 Å². The first-order chi connectivity index (χ1) is 24.8. The highest BCUT2D eigenvalue weighted by molar-refractivity contribution is 6.09. The molecule has 10 rings (SSSR count). The Morgan fingerprint density at radius 3 is 1.66 bits per heavy atom. The minimum absolute atomic E-state index is 0.227. The van der Waals surface area contributed by atoms with Gasteiger partial charge in [0.25, 0.3) is 0 Å². The molecule has 0 spiro atoms. The Morgan fingerprint density at radius 2 is 1.02 bits per heavy atom. The van der Waals surface area contributed by atoms with Crippen molar-refractivity contribution in [1.29, 1.82) is 0 Å². The fourth-order valence-electron chi connectivity index (χ4n) is 7.54. The normalized spacial score (nSPS) is 14.6. The Labute approximate surface area is 288 Å². The summed E-state index contributed by atoms with van der Waals surface area (Å²) in [5, 5.41) is 4.42. The molecule has 0 aliphatic heterocycles. The van der Waals surface area contributed by atoms with Crippen molar-refractivity contribution in [3.63, 3.8) is 0 Å². The molecule has 0 saturated heterocycles. The van der Waals surface area contributed by atoms with Gasteiger partial charge in [-0.25, -0.2) is 0 Å². The number of hydrogen-bond donors (Lipinski definition) is 0. The van der Waals surface area contributed by atoms with E-state index in [0.29, 0.717) is 0 Å². The Balaban J connectivity index is 1.06. The van der Waals surface area contributed by atoms with Gasteiger partial charge in [-0.05, 0) is 113 Å². The number of furan rings is 2. The monoisotopic (exact) mass is 642 g/mol. The summed E-state index contributed by atoms with van der Waals surface area (Å²) in [5.74, 6) is 0.227. The molecule has 1 aliphatic rings. The van der Waals surface area contributed by atoms with Crippen LogP contribution in [0.2, 0.25) is 0 Å². The fraction of sp³-hybridized carbons (Fsp3) is 0.0435. The van der Waals surface area contributed by atoms with Gasteiger partial charge in [-0.1, -0.05) is 78.9 Å². The Hall–Kier alpha value is -6.52. The number of pyridine rings is 2. The third-order valence-corrected chi connectivity index (χ3v) is 10.00. The maximum absolute atomic E-state index is 6.35. The molecule has 4 heteroatoms. The zero-order chi connectivity index (χ0) is 33.0. The summed E-state index contributed by atoms with van der Waals surface area (Å²) in [6.07, 6.45) is 11.2. The van der Waals surface area contributed by atoms with Gasteiger partial charge in [0.2, 0.25) is 0 Å². The molecule has 5 aromatic carbocycles. The SMILES string of the molecule is C1=CCC(c2ccc3oc4ccc(-c5ccc6oc7ccc(-c8ccccc8-c8ccccn8)cc7c6c5)cc4c3c2)C(c2ccccn2)=C1. The molecule has 4 nitrogen and oxygen atoms in total. The maximum Gasteiger partial charge on any atom is 0.135 e. The van der Waals surface area contributed by atoms with Crippen LogP contribution in [-0.4, -0.2) is 9.97 Å². The van der Waals surface area contributed by atoms with Gasteiger partial charge in [-0.2, -0.15) is 0 Å². The third kappa shape index (κ3) is 4.76. The molecule has 50 heavy (non-hydrogen) atoms. The predicted molar refractivity (Wildman–Crippen MR) is 204 cm³/mol. The minimum Gasteiger partial charge on any atom is -0.456 e. The first-order valence-electron chi connectivity index (χ1n) is 17.0. The van der Waals surface area contributed by atoms with Crippen LogP contribution in [0.15, 0.2) is 173 Å². The summed E-state index contributed by atoms with van der Waals surface area (Å²) >= 11 is 0. The molecule has 4 aromatic heterocycles. The van der Waals surface area contributed by atoms with E-state index >= 15 is 0 Å². The Morgan fingerprint density at radius 1 is 0.480 bits per heavy atom. The molecule has 0 fully saturated rings. The van der Waals surface area contributed by atoms with Gasteiger partial charge in [0, 0.05) is 45.4 Å². The predicted octanol–water partition coefficient (Wildman–Crippen LogP) is 12.4. The molecule has 0 N–H and O–H groups in total. The minimum atomic E-state index is 0.227. The zero-order valence-corrected chi connectivity index (χ0v) is 27.1. The molecular formula is C46H30N2O2. The van der Waals surface area contributed by atoms with Crippen molar-refractivity contribution in [2.45, 2.75) is 12.3 Å². The number of benzene rings is 5. The maximum atomic E-state index is 6.35. The smallest absolute Gasteiger partial charge is 0.135 e. The summed E-state index contributed by atoms with van der Waals surface area (Å²) in [7, 11) is 0. The summed E-state index contributed by atoms with van der Waals surface area (Å²) in [4.78, 5) is 9.30. The van der Waals surface area contributed by atoms with E-state index in [2.05, 4.69) is 143 Å². The molecule has 0 bridgehead atoms. The number of fused-ring (bicyclic) bond motifs is 6. The second-order valence-electron chi connectivity index (χ2n) is 12.9. The van der Waals surface area contributed by atoms with Gasteiger partial charge < -0.3 is 8.83 Å². The van der Waals surface area contributed by atoms with Crippen LogP contribution in [0.25, 0.3) is 83.0 Å². The summed E-state index contributed by atoms with van der Waals surface area (Å²) < 4.78 is 12.7.